The molecule has 0 spiro atoms. The maximum Gasteiger partial charge on any atom is 0.327 e. The van der Waals surface area contributed by atoms with Crippen molar-refractivity contribution in [3.05, 3.63) is 0 Å². The molecule has 0 aromatic carbocycles. The van der Waals surface area contributed by atoms with Crippen LogP contribution < -0.4 is 65.1 Å². The molecule has 438 valence electrons. The van der Waals surface area contributed by atoms with Gasteiger partial charge in [-0.3, -0.25) is 52.9 Å². The van der Waals surface area contributed by atoms with Gasteiger partial charge in [0.1, 0.15) is 48.3 Å². The molecule has 0 bridgehead atoms. The highest BCUT2D eigenvalue weighted by Gasteiger charge is 2.41. The highest BCUT2D eigenvalue weighted by molar-refractivity contribution is 7.80. The summed E-state index contributed by atoms with van der Waals surface area (Å²) in [6.45, 7) is 14.2. The van der Waals surface area contributed by atoms with Gasteiger partial charge in [-0.2, -0.15) is 25.3 Å². The topological polar surface area (TPSA) is 430 Å². The number of hydrogen-bond donors (Lipinski definition) is 16. The van der Waals surface area contributed by atoms with Crippen molar-refractivity contribution in [3.63, 3.8) is 0 Å². The molecule has 29 heteroatoms. The van der Waals surface area contributed by atoms with E-state index in [-0.39, 0.29) is 55.7 Å². The van der Waals surface area contributed by atoms with Crippen LogP contribution in [0, 0.1) is 23.7 Å². The van der Waals surface area contributed by atoms with E-state index in [0.717, 1.165) is 0 Å². The Kier molecular flexibility index (Phi) is 31.2. The fraction of sp³-hybridized carbons (Fsp3) is 0.750. The number of aliphatic carboxylic acids is 1. The minimum atomic E-state index is -1.57. The van der Waals surface area contributed by atoms with Crippen LogP contribution in [0.3, 0.4) is 0 Å². The smallest absolute Gasteiger partial charge is 0.327 e. The molecule has 1 aliphatic rings. The van der Waals surface area contributed by atoms with Crippen LogP contribution >= 0.6 is 25.3 Å². The molecule has 1 saturated heterocycles. The SMILES string of the molecule is CC[C@H](C)[C@H](NC(=O)CNC(=O)[C@H](CC(C)C)NC(=O)[C@@H](NC(=O)CNC(=O)[C@@H](N)CCCN=C(N)N)[C@@H](C)O)C(=O)N[C@H](C(=O)N[C@@H](CS)C(=O)N1CCC[C@H]1C(=O)N[C@H](C(=O)N[C@@H](CS)C(=O)O)[C@@H](C)CC)C(C)C. The molecular weight excluding hydrogens is 1040 g/mol. The van der Waals surface area contributed by atoms with Gasteiger partial charge in [-0.05, 0) is 62.7 Å². The predicted molar refractivity (Wildman–Crippen MR) is 292 cm³/mol. The van der Waals surface area contributed by atoms with Gasteiger partial charge in [-0.15, -0.1) is 0 Å². The highest BCUT2D eigenvalue weighted by atomic mass is 32.1. The zero-order valence-corrected chi connectivity index (χ0v) is 47.5. The number of rotatable bonds is 34. The number of thiol groups is 2. The molecule has 1 aliphatic heterocycles. The average molecular weight is 1130 g/mol. The van der Waals surface area contributed by atoms with Gasteiger partial charge in [-0.25, -0.2) is 4.79 Å². The number of aliphatic hydroxyl groups excluding tert-OH is 1. The van der Waals surface area contributed by atoms with E-state index in [1.807, 2.05) is 0 Å². The van der Waals surface area contributed by atoms with E-state index in [9.17, 15) is 63.0 Å². The molecule has 0 saturated carbocycles. The fourth-order valence-electron chi connectivity index (χ4n) is 7.89. The Hall–Kier alpha value is -5.94. The summed E-state index contributed by atoms with van der Waals surface area (Å²) in [5.41, 5.74) is 16.4. The molecule has 0 unspecified atom stereocenters. The first-order valence-electron chi connectivity index (χ1n) is 25.9. The van der Waals surface area contributed by atoms with Gasteiger partial charge in [0.2, 0.25) is 59.1 Å². The quantitative estimate of drug-likeness (QED) is 0.0127. The average Bonchev–Trinajstić information content (AvgIpc) is 3.87. The maximum absolute atomic E-state index is 14.0. The molecule has 1 heterocycles. The zero-order valence-electron chi connectivity index (χ0n) is 45.7. The van der Waals surface area contributed by atoms with E-state index in [2.05, 4.69) is 78.1 Å². The van der Waals surface area contributed by atoms with Crippen molar-refractivity contribution in [3.8, 4) is 0 Å². The lowest BCUT2D eigenvalue weighted by Gasteiger charge is -2.32. The molecule has 12 atom stereocenters. The van der Waals surface area contributed by atoms with Gasteiger partial charge in [0, 0.05) is 24.6 Å². The van der Waals surface area contributed by atoms with Gasteiger partial charge in [0.05, 0.1) is 25.2 Å². The van der Waals surface area contributed by atoms with Crippen LogP contribution in [-0.2, 0) is 52.7 Å². The van der Waals surface area contributed by atoms with E-state index in [4.69, 9.17) is 17.2 Å². The normalized spacial score (nSPS) is 17.5. The molecule has 10 amide bonds. The Morgan fingerprint density at radius 1 is 0.636 bits per heavy atom. The van der Waals surface area contributed by atoms with Crippen LogP contribution in [0.4, 0.5) is 0 Å². The van der Waals surface area contributed by atoms with Gasteiger partial charge in [-0.1, -0.05) is 68.2 Å². The number of nitrogens with two attached hydrogens (primary N) is 3. The molecule has 0 aromatic rings. The third-order valence-corrected chi connectivity index (χ3v) is 13.6. The maximum atomic E-state index is 14.0. The number of hydrogen-bond acceptors (Lipinski definition) is 16. The second-order valence-corrected chi connectivity index (χ2v) is 20.7. The number of carbonyl (C=O) groups is 11. The molecule has 17 N–H and O–H groups in total. The largest absolute Gasteiger partial charge is 0.480 e. The van der Waals surface area contributed by atoms with Crippen LogP contribution in [0.25, 0.3) is 0 Å². The number of guanidine groups is 1. The lowest BCUT2D eigenvalue weighted by atomic mass is 9.96. The van der Waals surface area contributed by atoms with Gasteiger partial charge >= 0.3 is 5.97 Å². The van der Waals surface area contributed by atoms with Gasteiger partial charge < -0.3 is 80.2 Å². The monoisotopic (exact) mass is 1130 g/mol. The second-order valence-electron chi connectivity index (χ2n) is 20.0. The van der Waals surface area contributed by atoms with Crippen molar-refractivity contribution in [2.45, 2.75) is 168 Å². The molecule has 1 fully saturated rings. The number of carboxylic acids is 1. The summed E-state index contributed by atoms with van der Waals surface area (Å²) in [4.78, 5) is 151. The Morgan fingerprint density at radius 2 is 1.12 bits per heavy atom. The van der Waals surface area contributed by atoms with E-state index >= 15 is 0 Å². The van der Waals surface area contributed by atoms with Crippen molar-refractivity contribution in [1.82, 2.24) is 52.8 Å². The van der Waals surface area contributed by atoms with Crippen LogP contribution in [0.1, 0.15) is 107 Å². The number of nitrogens with one attached hydrogen (secondary N) is 9. The molecule has 0 radical (unpaired) electrons. The van der Waals surface area contributed by atoms with Gasteiger partial charge in [0.15, 0.2) is 5.96 Å². The number of nitrogens with zero attached hydrogens (tertiary/aromatic N) is 2. The standard InChI is InChI=1S/C48H86N14O13S2/c1-10-25(7)36(58-33(64)20-54-40(67)29(18-23(3)4)55-45(72)38(27(9)63)59-34(65)19-53-39(66)28(49)14-12-16-52-48(50)51)44(71)60-35(24(5)6)42(69)56-30(21-76)46(73)62-17-13-15-32(62)41(68)61-37(26(8)11-2)43(70)57-31(22-77)47(74)75/h23-32,35-38,63,76-77H,10-22,49H2,1-9H3,(H,53,66)(H,54,67)(H,55,72)(H,56,69)(H,57,70)(H,58,64)(H,59,65)(H,60,71)(H,61,68)(H,74,75)(H4,50,51,52)/t25-,26-,27+,28-,29-,30-,31-,32-,35-,36-,37-,38-/m0/s1. The first-order valence-corrected chi connectivity index (χ1v) is 27.2. The van der Waals surface area contributed by atoms with Crippen LogP contribution in [0.2, 0.25) is 0 Å². The number of amides is 10. The summed E-state index contributed by atoms with van der Waals surface area (Å²) in [7, 11) is 0. The summed E-state index contributed by atoms with van der Waals surface area (Å²) in [6.07, 6.45) is 0.694. The summed E-state index contributed by atoms with van der Waals surface area (Å²) in [6, 6.07) is -11.0. The van der Waals surface area contributed by atoms with E-state index in [0.29, 0.717) is 25.7 Å². The summed E-state index contributed by atoms with van der Waals surface area (Å²) < 4.78 is 0. The Morgan fingerprint density at radius 3 is 1.61 bits per heavy atom. The number of likely N-dealkylation sites (tertiary alicyclic amines) is 1. The van der Waals surface area contributed by atoms with Crippen molar-refractivity contribution >= 4 is 96.3 Å². The first-order chi connectivity index (χ1) is 36.0. The molecular formula is C48H86N14O13S2. The summed E-state index contributed by atoms with van der Waals surface area (Å²) >= 11 is 8.31. The highest BCUT2D eigenvalue weighted by Crippen LogP contribution is 2.21. The lowest BCUT2D eigenvalue weighted by molar-refractivity contribution is -0.143. The Bertz CT molecular complexity index is 2060. The van der Waals surface area contributed by atoms with E-state index < -0.39 is 156 Å². The zero-order chi connectivity index (χ0) is 58.9. The van der Waals surface area contributed by atoms with Crippen LogP contribution in [0.5, 0.6) is 0 Å². The molecule has 1 rings (SSSR count). The third kappa shape index (κ3) is 23.7. The number of aliphatic imine (C=N–C) groups is 1. The molecule has 27 nitrogen and oxygen atoms in total. The second kappa shape index (κ2) is 34.7. The lowest BCUT2D eigenvalue weighted by Crippen LogP contribution is -2.61. The number of carboxylic acid groups (broad SMARTS) is 1. The fourth-order valence-corrected chi connectivity index (χ4v) is 8.38. The van der Waals surface area contributed by atoms with Crippen LogP contribution in [0.15, 0.2) is 4.99 Å². The molecule has 77 heavy (non-hydrogen) atoms. The summed E-state index contributed by atoms with van der Waals surface area (Å²) in [5.74, 6) is -11.0. The minimum absolute atomic E-state index is 0.0645. The van der Waals surface area contributed by atoms with Crippen LogP contribution in [-0.4, -0.2) is 184 Å². The third-order valence-electron chi connectivity index (χ3n) is 12.9. The van der Waals surface area contributed by atoms with Crippen molar-refractivity contribution in [2.75, 3.05) is 37.7 Å². The Balaban J connectivity index is 3.08. The van der Waals surface area contributed by atoms with E-state index in [1.165, 1.54) is 11.8 Å². The Labute approximate surface area is 461 Å². The summed E-state index contributed by atoms with van der Waals surface area (Å²) in [5, 5.41) is 42.5. The van der Waals surface area contributed by atoms with E-state index in [1.54, 1.807) is 55.4 Å². The van der Waals surface area contributed by atoms with Crippen molar-refractivity contribution in [1.29, 1.82) is 0 Å². The minimum Gasteiger partial charge on any atom is -0.480 e. The first kappa shape index (κ1) is 69.1. The van der Waals surface area contributed by atoms with Gasteiger partial charge in [0.25, 0.3) is 0 Å². The molecule has 0 aliphatic carbocycles. The molecule has 0 aromatic heterocycles. The van der Waals surface area contributed by atoms with Crippen molar-refractivity contribution in [2.24, 2.45) is 45.9 Å². The van der Waals surface area contributed by atoms with Crippen molar-refractivity contribution < 1.29 is 63.0 Å². The number of aliphatic hydroxyl groups is 1. The predicted octanol–water partition coefficient (Wildman–Crippen LogP) is -3.90. The number of carbonyl (C=O) groups excluding carboxylic acids is 10.